The molecule has 1 N–H and O–H groups in total. The van der Waals surface area contributed by atoms with Crippen LogP contribution in [0.3, 0.4) is 0 Å². The molecule has 2 aromatic carbocycles. The van der Waals surface area contributed by atoms with Gasteiger partial charge < -0.3 is 14.8 Å². The van der Waals surface area contributed by atoms with Crippen molar-refractivity contribution >= 4 is 5.91 Å². The van der Waals surface area contributed by atoms with Crippen LogP contribution in [0.1, 0.15) is 25.0 Å². The highest BCUT2D eigenvalue weighted by atomic mass is 19.1. The second-order valence-electron chi connectivity index (χ2n) is 6.53. The van der Waals surface area contributed by atoms with E-state index < -0.39 is 0 Å². The van der Waals surface area contributed by atoms with Crippen LogP contribution in [0.2, 0.25) is 0 Å². The summed E-state index contributed by atoms with van der Waals surface area (Å²) in [5.41, 5.74) is 1.52. The fourth-order valence-corrected chi connectivity index (χ4v) is 2.56. The molecule has 4 nitrogen and oxygen atoms in total. The summed E-state index contributed by atoms with van der Waals surface area (Å²) < 4.78 is 23.5. The summed E-state index contributed by atoms with van der Waals surface area (Å²) in [7, 11) is 3.13. The number of nitrogens with one attached hydrogen (secondary N) is 1. The van der Waals surface area contributed by atoms with E-state index >= 15 is 0 Å². The standard InChI is InChI=1S/C20H24FNO3/c1-20(2,15-6-8-16(21)9-7-15)13-22-19(23)12-14-5-10-17(24-3)18(11-14)25-4/h5-11H,12-13H2,1-4H3,(H,22,23). The van der Waals surface area contributed by atoms with Crippen LogP contribution in [0.4, 0.5) is 4.39 Å². The van der Waals surface area contributed by atoms with Gasteiger partial charge in [-0.25, -0.2) is 4.39 Å². The van der Waals surface area contributed by atoms with E-state index in [0.717, 1.165) is 11.1 Å². The predicted octanol–water partition coefficient (Wildman–Crippen LogP) is 3.48. The van der Waals surface area contributed by atoms with Crippen molar-refractivity contribution < 1.29 is 18.7 Å². The molecule has 5 heteroatoms. The fourth-order valence-electron chi connectivity index (χ4n) is 2.56. The quantitative estimate of drug-likeness (QED) is 0.836. The molecule has 0 aromatic heterocycles. The molecule has 0 heterocycles. The van der Waals surface area contributed by atoms with E-state index in [-0.39, 0.29) is 23.6 Å². The van der Waals surface area contributed by atoms with Crippen LogP contribution < -0.4 is 14.8 Å². The number of hydrogen-bond acceptors (Lipinski definition) is 3. The van der Waals surface area contributed by atoms with Crippen LogP contribution in [-0.2, 0) is 16.6 Å². The van der Waals surface area contributed by atoms with E-state index in [1.54, 1.807) is 38.5 Å². The number of benzene rings is 2. The van der Waals surface area contributed by atoms with Crippen LogP contribution in [0, 0.1) is 5.82 Å². The Balaban J connectivity index is 1.97. The predicted molar refractivity (Wildman–Crippen MR) is 95.7 cm³/mol. The maximum Gasteiger partial charge on any atom is 0.224 e. The first-order valence-electron chi connectivity index (χ1n) is 8.09. The summed E-state index contributed by atoms with van der Waals surface area (Å²) >= 11 is 0. The molecule has 0 aliphatic heterocycles. The van der Waals surface area contributed by atoms with Crippen molar-refractivity contribution in [3.8, 4) is 11.5 Å². The van der Waals surface area contributed by atoms with E-state index in [9.17, 15) is 9.18 Å². The van der Waals surface area contributed by atoms with Gasteiger partial charge in [-0.05, 0) is 35.4 Å². The minimum absolute atomic E-state index is 0.0811. The van der Waals surface area contributed by atoms with Crippen LogP contribution in [0.25, 0.3) is 0 Å². The minimum atomic E-state index is -0.291. The monoisotopic (exact) mass is 345 g/mol. The molecule has 0 radical (unpaired) electrons. The number of carbonyl (C=O) groups excluding carboxylic acids is 1. The molecule has 0 saturated carbocycles. The summed E-state index contributed by atoms with van der Waals surface area (Å²) in [5, 5.41) is 2.95. The zero-order chi connectivity index (χ0) is 18.4. The van der Waals surface area contributed by atoms with Gasteiger partial charge in [0.15, 0.2) is 11.5 Å². The molecule has 0 aliphatic carbocycles. The Morgan fingerprint density at radius 2 is 1.68 bits per heavy atom. The molecular formula is C20H24FNO3. The number of methoxy groups -OCH3 is 2. The summed E-state index contributed by atoms with van der Waals surface area (Å²) in [5.74, 6) is 0.878. The molecule has 2 rings (SSSR count). The van der Waals surface area contributed by atoms with Crippen molar-refractivity contribution in [3.63, 3.8) is 0 Å². The van der Waals surface area contributed by atoms with E-state index in [0.29, 0.717) is 18.0 Å². The highest BCUT2D eigenvalue weighted by molar-refractivity contribution is 5.79. The maximum absolute atomic E-state index is 13.1. The number of carbonyl (C=O) groups is 1. The zero-order valence-electron chi connectivity index (χ0n) is 15.1. The summed E-state index contributed by atoms with van der Waals surface area (Å²) in [6.07, 6.45) is 0.250. The zero-order valence-corrected chi connectivity index (χ0v) is 15.1. The SMILES string of the molecule is COc1ccc(CC(=O)NCC(C)(C)c2ccc(F)cc2)cc1OC. The largest absolute Gasteiger partial charge is 0.493 e. The molecule has 0 fully saturated rings. The van der Waals surface area contributed by atoms with Crippen molar-refractivity contribution in [2.45, 2.75) is 25.7 Å². The third-order valence-corrected chi connectivity index (χ3v) is 4.17. The summed E-state index contributed by atoms with van der Waals surface area (Å²) in [6, 6.07) is 11.8. The van der Waals surface area contributed by atoms with E-state index in [1.165, 1.54) is 12.1 Å². The van der Waals surface area contributed by atoms with Gasteiger partial charge in [0.25, 0.3) is 0 Å². The molecule has 0 atom stereocenters. The highest BCUT2D eigenvalue weighted by Gasteiger charge is 2.21. The minimum Gasteiger partial charge on any atom is -0.493 e. The summed E-state index contributed by atoms with van der Waals surface area (Å²) in [6.45, 7) is 4.48. The first-order valence-corrected chi connectivity index (χ1v) is 8.09. The first kappa shape index (κ1) is 18.8. The third kappa shape index (κ3) is 4.95. The number of ether oxygens (including phenoxy) is 2. The lowest BCUT2D eigenvalue weighted by Crippen LogP contribution is -2.37. The van der Waals surface area contributed by atoms with Gasteiger partial charge in [0.2, 0.25) is 5.91 Å². The first-order chi connectivity index (χ1) is 11.9. The van der Waals surface area contributed by atoms with Crippen molar-refractivity contribution in [2.24, 2.45) is 0 Å². The Kier molecular flexibility index (Phi) is 6.02. The molecule has 1 amide bonds. The Morgan fingerprint density at radius 1 is 1.04 bits per heavy atom. The number of hydrogen-bond donors (Lipinski definition) is 1. The second kappa shape index (κ2) is 8.01. The van der Waals surface area contributed by atoms with Gasteiger partial charge in [-0.1, -0.05) is 32.0 Å². The lowest BCUT2D eigenvalue weighted by Gasteiger charge is -2.25. The normalized spacial score (nSPS) is 11.1. The van der Waals surface area contributed by atoms with Crippen LogP contribution in [-0.4, -0.2) is 26.7 Å². The fraction of sp³-hybridized carbons (Fsp3) is 0.350. The van der Waals surface area contributed by atoms with Crippen LogP contribution in [0.5, 0.6) is 11.5 Å². The molecule has 2 aromatic rings. The number of halogens is 1. The molecule has 0 saturated heterocycles. The average Bonchev–Trinajstić information content (AvgIpc) is 2.60. The lowest BCUT2D eigenvalue weighted by atomic mass is 9.84. The molecular weight excluding hydrogens is 321 g/mol. The maximum atomic E-state index is 13.1. The smallest absolute Gasteiger partial charge is 0.224 e. The Morgan fingerprint density at radius 3 is 2.28 bits per heavy atom. The van der Waals surface area contributed by atoms with Gasteiger partial charge in [0, 0.05) is 12.0 Å². The Bertz CT molecular complexity index is 726. The molecule has 0 bridgehead atoms. The Hall–Kier alpha value is -2.56. The molecule has 0 unspecified atom stereocenters. The molecule has 0 spiro atoms. The van der Waals surface area contributed by atoms with Gasteiger partial charge in [-0.15, -0.1) is 0 Å². The van der Waals surface area contributed by atoms with E-state index in [2.05, 4.69) is 5.32 Å². The number of amides is 1. The molecule has 0 aliphatic rings. The van der Waals surface area contributed by atoms with Gasteiger partial charge in [0.05, 0.1) is 20.6 Å². The van der Waals surface area contributed by atoms with Crippen LogP contribution in [0.15, 0.2) is 42.5 Å². The van der Waals surface area contributed by atoms with Gasteiger partial charge >= 0.3 is 0 Å². The second-order valence-corrected chi connectivity index (χ2v) is 6.53. The van der Waals surface area contributed by atoms with Gasteiger partial charge in [0.1, 0.15) is 5.82 Å². The van der Waals surface area contributed by atoms with Crippen LogP contribution >= 0.6 is 0 Å². The highest BCUT2D eigenvalue weighted by Crippen LogP contribution is 2.28. The molecule has 25 heavy (non-hydrogen) atoms. The van der Waals surface area contributed by atoms with E-state index in [4.69, 9.17) is 9.47 Å². The third-order valence-electron chi connectivity index (χ3n) is 4.17. The molecule has 134 valence electrons. The van der Waals surface area contributed by atoms with Crippen molar-refractivity contribution in [1.82, 2.24) is 5.32 Å². The van der Waals surface area contributed by atoms with Crippen molar-refractivity contribution in [1.29, 1.82) is 0 Å². The van der Waals surface area contributed by atoms with Gasteiger partial charge in [-0.2, -0.15) is 0 Å². The van der Waals surface area contributed by atoms with Crippen molar-refractivity contribution in [3.05, 3.63) is 59.4 Å². The Labute approximate surface area is 148 Å². The van der Waals surface area contributed by atoms with Gasteiger partial charge in [-0.3, -0.25) is 4.79 Å². The lowest BCUT2D eigenvalue weighted by molar-refractivity contribution is -0.120. The summed E-state index contributed by atoms with van der Waals surface area (Å²) in [4.78, 5) is 12.3. The topological polar surface area (TPSA) is 47.6 Å². The average molecular weight is 345 g/mol. The van der Waals surface area contributed by atoms with Crippen molar-refractivity contribution in [2.75, 3.05) is 20.8 Å². The van der Waals surface area contributed by atoms with E-state index in [1.807, 2.05) is 19.9 Å². The number of rotatable bonds is 7.